The van der Waals surface area contributed by atoms with Gasteiger partial charge in [0.2, 0.25) is 0 Å². The third-order valence-electron chi connectivity index (χ3n) is 5.77. The largest absolute Gasteiger partial charge is 0.378 e. The summed E-state index contributed by atoms with van der Waals surface area (Å²) in [4.78, 5) is 15.6. The molecule has 0 spiro atoms. The fraction of sp³-hybridized carbons (Fsp3) is 0.240. The van der Waals surface area contributed by atoms with E-state index < -0.39 is 0 Å². The van der Waals surface area contributed by atoms with Crippen LogP contribution in [-0.2, 0) is 11.2 Å². The molecule has 3 heterocycles. The number of morpholine rings is 1. The van der Waals surface area contributed by atoms with Crippen LogP contribution in [0.1, 0.15) is 16.8 Å². The van der Waals surface area contributed by atoms with E-state index in [1.807, 2.05) is 43.3 Å². The van der Waals surface area contributed by atoms with E-state index in [0.29, 0.717) is 17.7 Å². The monoisotopic (exact) mass is 414 g/mol. The molecule has 2 aromatic carbocycles. The van der Waals surface area contributed by atoms with Crippen LogP contribution in [0.15, 0.2) is 61.1 Å². The zero-order valence-corrected chi connectivity index (χ0v) is 17.4. The Kier molecular flexibility index (Phi) is 5.30. The zero-order valence-electron chi connectivity index (χ0n) is 17.4. The molecule has 6 heteroatoms. The Morgan fingerprint density at radius 2 is 1.87 bits per heavy atom. The number of aromatic nitrogens is 3. The highest BCUT2D eigenvalue weighted by Gasteiger charge is 2.16. The lowest BCUT2D eigenvalue weighted by Crippen LogP contribution is -2.36. The van der Waals surface area contributed by atoms with Crippen molar-refractivity contribution in [3.05, 3.63) is 83.7 Å². The smallest absolute Gasteiger partial charge is 0.132 e. The molecule has 5 nitrogen and oxygen atoms in total. The molecule has 31 heavy (non-hydrogen) atoms. The Bertz CT molecular complexity index is 1240. The first kappa shape index (κ1) is 19.6. The molecule has 0 amide bonds. The van der Waals surface area contributed by atoms with E-state index in [-0.39, 0.29) is 5.82 Å². The molecule has 1 saturated heterocycles. The number of anilines is 1. The normalized spacial score (nSPS) is 14.2. The lowest BCUT2D eigenvalue weighted by atomic mass is 9.99. The number of aryl methyl sites for hydroxylation is 1. The predicted octanol–water partition coefficient (Wildman–Crippen LogP) is 4.57. The molecule has 0 N–H and O–H groups in total. The molecule has 4 aromatic rings. The highest BCUT2D eigenvalue weighted by Crippen LogP contribution is 2.31. The summed E-state index contributed by atoms with van der Waals surface area (Å²) < 4.78 is 20.3. The maximum absolute atomic E-state index is 14.9. The van der Waals surface area contributed by atoms with Gasteiger partial charge in [-0.1, -0.05) is 12.1 Å². The van der Waals surface area contributed by atoms with Gasteiger partial charge < -0.3 is 9.64 Å². The Labute approximate surface area is 180 Å². The molecular weight excluding hydrogens is 391 g/mol. The van der Waals surface area contributed by atoms with Crippen molar-refractivity contribution in [3.63, 3.8) is 0 Å². The average molecular weight is 414 g/mol. The second kappa shape index (κ2) is 8.40. The van der Waals surface area contributed by atoms with Crippen molar-refractivity contribution < 1.29 is 9.13 Å². The van der Waals surface area contributed by atoms with Gasteiger partial charge in [0.25, 0.3) is 0 Å². The maximum Gasteiger partial charge on any atom is 0.132 e. The molecule has 156 valence electrons. The van der Waals surface area contributed by atoms with E-state index in [1.165, 1.54) is 12.4 Å². The molecular formula is C25H23FN4O. The van der Waals surface area contributed by atoms with Crippen molar-refractivity contribution in [1.82, 2.24) is 15.0 Å². The van der Waals surface area contributed by atoms with Crippen molar-refractivity contribution >= 4 is 16.6 Å². The number of fused-ring (bicyclic) bond motifs is 1. The number of benzene rings is 2. The fourth-order valence-electron chi connectivity index (χ4n) is 4.04. The minimum absolute atomic E-state index is 0.293. The zero-order chi connectivity index (χ0) is 21.2. The predicted molar refractivity (Wildman–Crippen MR) is 120 cm³/mol. The molecule has 1 aliphatic heterocycles. The lowest BCUT2D eigenvalue weighted by Gasteiger charge is -2.29. The third kappa shape index (κ3) is 3.99. The van der Waals surface area contributed by atoms with Gasteiger partial charge >= 0.3 is 0 Å². The number of halogens is 1. The molecule has 0 bridgehead atoms. The van der Waals surface area contributed by atoms with Crippen LogP contribution in [0.25, 0.3) is 22.2 Å². The third-order valence-corrected chi connectivity index (χ3v) is 5.77. The van der Waals surface area contributed by atoms with Gasteiger partial charge in [0.05, 0.1) is 24.4 Å². The molecule has 5 rings (SSSR count). The quantitative estimate of drug-likeness (QED) is 0.490. The second-order valence-corrected chi connectivity index (χ2v) is 7.78. The van der Waals surface area contributed by atoms with Crippen LogP contribution in [0.4, 0.5) is 10.1 Å². The van der Waals surface area contributed by atoms with Crippen LogP contribution in [0.3, 0.4) is 0 Å². The summed E-state index contributed by atoms with van der Waals surface area (Å²) in [6.45, 7) is 5.19. The average Bonchev–Trinajstić information content (AvgIpc) is 2.81. The Balaban J connectivity index is 1.53. The minimum Gasteiger partial charge on any atom is -0.378 e. The second-order valence-electron chi connectivity index (χ2n) is 7.78. The van der Waals surface area contributed by atoms with Crippen LogP contribution in [0, 0.1) is 12.7 Å². The van der Waals surface area contributed by atoms with Crippen LogP contribution < -0.4 is 4.90 Å². The molecule has 0 aliphatic carbocycles. The Morgan fingerprint density at radius 1 is 1.00 bits per heavy atom. The standard InChI is InChI=1S/C25H23FN4O/c1-17-3-2-8-27-23(17)14-18-4-7-22(26)21(13-18)25-20-6-5-19(15-24(20)28-16-29-25)30-9-11-31-12-10-30/h2-8,13,15-16H,9-12,14H2,1H3. The first-order valence-electron chi connectivity index (χ1n) is 10.5. The Morgan fingerprint density at radius 3 is 2.71 bits per heavy atom. The first-order chi connectivity index (χ1) is 15.2. The van der Waals surface area contributed by atoms with E-state index in [9.17, 15) is 4.39 Å². The molecule has 0 saturated carbocycles. The van der Waals surface area contributed by atoms with Crippen molar-refractivity contribution in [1.29, 1.82) is 0 Å². The van der Waals surface area contributed by atoms with Crippen molar-refractivity contribution in [2.24, 2.45) is 0 Å². The summed E-state index contributed by atoms with van der Waals surface area (Å²) in [5.41, 5.74) is 6.10. The summed E-state index contributed by atoms with van der Waals surface area (Å²) in [7, 11) is 0. The summed E-state index contributed by atoms with van der Waals surface area (Å²) >= 11 is 0. The summed E-state index contributed by atoms with van der Waals surface area (Å²) in [6.07, 6.45) is 3.94. The van der Waals surface area contributed by atoms with Gasteiger partial charge in [-0.05, 0) is 54.4 Å². The van der Waals surface area contributed by atoms with Gasteiger partial charge in [-0.25, -0.2) is 14.4 Å². The Hall–Kier alpha value is -3.38. The number of rotatable bonds is 4. The molecule has 2 aromatic heterocycles. The summed E-state index contributed by atoms with van der Waals surface area (Å²) in [5.74, 6) is -0.293. The van der Waals surface area contributed by atoms with Crippen LogP contribution in [0.2, 0.25) is 0 Å². The molecule has 1 fully saturated rings. The van der Waals surface area contributed by atoms with Crippen LogP contribution in [-0.4, -0.2) is 41.3 Å². The number of nitrogens with zero attached hydrogens (tertiary/aromatic N) is 4. The van der Waals surface area contributed by atoms with Crippen LogP contribution >= 0.6 is 0 Å². The number of ether oxygens (including phenoxy) is 1. The van der Waals surface area contributed by atoms with Gasteiger partial charge in [0, 0.05) is 48.0 Å². The molecule has 1 aliphatic rings. The lowest BCUT2D eigenvalue weighted by molar-refractivity contribution is 0.122. The maximum atomic E-state index is 14.9. The summed E-state index contributed by atoms with van der Waals surface area (Å²) in [5, 5.41) is 0.838. The highest BCUT2D eigenvalue weighted by atomic mass is 19.1. The molecule has 0 unspecified atom stereocenters. The van der Waals surface area contributed by atoms with Gasteiger partial charge in [0.1, 0.15) is 12.1 Å². The van der Waals surface area contributed by atoms with Crippen molar-refractivity contribution in [2.45, 2.75) is 13.3 Å². The number of hydrogen-bond acceptors (Lipinski definition) is 5. The van der Waals surface area contributed by atoms with Gasteiger partial charge in [-0.15, -0.1) is 0 Å². The van der Waals surface area contributed by atoms with Crippen LogP contribution in [0.5, 0.6) is 0 Å². The van der Waals surface area contributed by atoms with E-state index >= 15 is 0 Å². The fourth-order valence-corrected chi connectivity index (χ4v) is 4.04. The van der Waals surface area contributed by atoms with E-state index in [0.717, 1.165) is 59.7 Å². The topological polar surface area (TPSA) is 51.1 Å². The van der Waals surface area contributed by atoms with Crippen molar-refractivity contribution in [3.8, 4) is 11.3 Å². The van der Waals surface area contributed by atoms with E-state index in [4.69, 9.17) is 4.74 Å². The minimum atomic E-state index is -0.293. The highest BCUT2D eigenvalue weighted by molar-refractivity contribution is 5.94. The molecule has 0 radical (unpaired) electrons. The van der Waals surface area contributed by atoms with E-state index in [1.54, 1.807) is 6.20 Å². The first-order valence-corrected chi connectivity index (χ1v) is 10.5. The number of hydrogen-bond donors (Lipinski definition) is 0. The molecule has 0 atom stereocenters. The number of pyridine rings is 1. The summed E-state index contributed by atoms with van der Waals surface area (Å²) in [6, 6.07) is 15.3. The van der Waals surface area contributed by atoms with Gasteiger partial charge in [-0.2, -0.15) is 0 Å². The van der Waals surface area contributed by atoms with E-state index in [2.05, 4.69) is 25.9 Å². The SMILES string of the molecule is Cc1cccnc1Cc1ccc(F)c(-c2ncnc3cc(N4CCOCC4)ccc23)c1. The van der Waals surface area contributed by atoms with Gasteiger partial charge in [-0.3, -0.25) is 4.98 Å². The van der Waals surface area contributed by atoms with Crippen molar-refractivity contribution in [2.75, 3.05) is 31.2 Å². The van der Waals surface area contributed by atoms with Gasteiger partial charge in [0.15, 0.2) is 0 Å².